The molecule has 0 radical (unpaired) electrons. The average Bonchev–Trinajstić information content (AvgIpc) is 2.94. The van der Waals surface area contributed by atoms with Gasteiger partial charge in [0.25, 0.3) is 5.91 Å². The monoisotopic (exact) mass is 574 g/mol. The lowest BCUT2D eigenvalue weighted by atomic mass is 10.0. The van der Waals surface area contributed by atoms with Gasteiger partial charge in [0.05, 0.1) is 16.7 Å². The number of carboxylic acids is 2. The van der Waals surface area contributed by atoms with E-state index < -0.39 is 28.7 Å². The Morgan fingerprint density at radius 1 is 0.750 bits per heavy atom. The Hall–Kier alpha value is -4.60. The van der Waals surface area contributed by atoms with Gasteiger partial charge >= 0.3 is 11.9 Å². The van der Waals surface area contributed by atoms with Crippen LogP contribution in [0, 0.1) is 6.92 Å². The van der Waals surface area contributed by atoms with Gasteiger partial charge in [-0.05, 0) is 72.6 Å². The molecule has 10 heteroatoms. The Balaban J connectivity index is 1.51. The number of aromatic carboxylic acids is 2. The number of benzene rings is 4. The molecule has 0 fully saturated rings. The summed E-state index contributed by atoms with van der Waals surface area (Å²) in [6, 6.07) is 24.6. The molecule has 0 heterocycles. The molecule has 4 aromatic rings. The smallest absolute Gasteiger partial charge is 0.336 e. The van der Waals surface area contributed by atoms with Crippen molar-refractivity contribution in [3.05, 3.63) is 124 Å². The number of rotatable bonds is 9. The molecular formula is C30H23ClN2O6S. The number of carbonyl (C=O) groups is 4. The maximum absolute atomic E-state index is 13.3. The summed E-state index contributed by atoms with van der Waals surface area (Å²) in [6.07, 6.45) is 0. The average molecular weight is 575 g/mol. The van der Waals surface area contributed by atoms with Gasteiger partial charge in [-0.2, -0.15) is 0 Å². The van der Waals surface area contributed by atoms with E-state index in [0.29, 0.717) is 16.4 Å². The van der Waals surface area contributed by atoms with E-state index in [1.807, 2.05) is 43.3 Å². The number of anilines is 2. The lowest BCUT2D eigenvalue weighted by molar-refractivity contribution is -0.115. The first-order chi connectivity index (χ1) is 19.1. The van der Waals surface area contributed by atoms with Crippen molar-refractivity contribution in [1.29, 1.82) is 0 Å². The van der Waals surface area contributed by atoms with Gasteiger partial charge in [-0.25, -0.2) is 9.59 Å². The van der Waals surface area contributed by atoms with E-state index in [1.54, 1.807) is 36.4 Å². The summed E-state index contributed by atoms with van der Waals surface area (Å²) in [7, 11) is 0. The zero-order chi connectivity index (χ0) is 28.8. The van der Waals surface area contributed by atoms with Gasteiger partial charge < -0.3 is 20.8 Å². The molecule has 1 unspecified atom stereocenters. The second-order valence-corrected chi connectivity index (χ2v) is 10.3. The molecule has 4 aromatic carbocycles. The third-order valence-electron chi connectivity index (χ3n) is 5.89. The van der Waals surface area contributed by atoms with Gasteiger partial charge in [-0.1, -0.05) is 48.0 Å². The van der Waals surface area contributed by atoms with Crippen LogP contribution in [-0.4, -0.2) is 34.0 Å². The summed E-state index contributed by atoms with van der Waals surface area (Å²) in [5.74, 6) is -3.65. The van der Waals surface area contributed by atoms with Gasteiger partial charge in [-0.3, -0.25) is 9.59 Å². The molecule has 0 spiro atoms. The standard InChI is InChI=1S/C30H23ClN2O6S/c1-17-7-9-21(16-25(17)31)33-28(35)26(18-5-3-2-4-6-18)40-22-12-10-20(11-13-22)32-27(34)23-14-8-19(29(36)37)15-24(23)30(38)39/h2-16,26H,1H3,(H,32,34)(H,33,35)(H,36,37)(H,38,39). The number of aryl methyl sites for hydroxylation is 1. The summed E-state index contributed by atoms with van der Waals surface area (Å²) < 4.78 is 0. The van der Waals surface area contributed by atoms with Crippen LogP contribution in [-0.2, 0) is 4.79 Å². The fraction of sp³-hybridized carbons (Fsp3) is 0.0667. The highest BCUT2D eigenvalue weighted by molar-refractivity contribution is 8.00. The number of halogens is 1. The number of carbonyl (C=O) groups excluding carboxylic acids is 2. The first-order valence-corrected chi connectivity index (χ1v) is 13.2. The second kappa shape index (κ2) is 12.5. The van der Waals surface area contributed by atoms with Crippen molar-refractivity contribution in [1.82, 2.24) is 0 Å². The molecule has 4 N–H and O–H groups in total. The third kappa shape index (κ3) is 6.88. The number of thioether (sulfide) groups is 1. The van der Waals surface area contributed by atoms with Gasteiger partial charge in [-0.15, -0.1) is 11.8 Å². The molecule has 8 nitrogen and oxygen atoms in total. The lowest BCUT2D eigenvalue weighted by Gasteiger charge is -2.18. The molecule has 4 rings (SSSR count). The predicted molar refractivity (Wildman–Crippen MR) is 155 cm³/mol. The second-order valence-electron chi connectivity index (χ2n) is 8.71. The van der Waals surface area contributed by atoms with Gasteiger partial charge in [0.2, 0.25) is 5.91 Å². The minimum atomic E-state index is -1.42. The van der Waals surface area contributed by atoms with Crippen LogP contribution in [0.25, 0.3) is 0 Å². The quantitative estimate of drug-likeness (QED) is 0.162. The summed E-state index contributed by atoms with van der Waals surface area (Å²) in [5.41, 5.74) is 1.84. The Labute approximate surface area is 239 Å². The SMILES string of the molecule is Cc1ccc(NC(=O)C(Sc2ccc(NC(=O)c3ccc(C(=O)O)cc3C(=O)O)cc2)c2ccccc2)cc1Cl. The number of hydrogen-bond donors (Lipinski definition) is 4. The van der Waals surface area contributed by atoms with Crippen LogP contribution in [0.1, 0.15) is 47.5 Å². The maximum atomic E-state index is 13.3. The Morgan fingerprint density at radius 2 is 1.43 bits per heavy atom. The Kier molecular flexibility index (Phi) is 8.88. The maximum Gasteiger partial charge on any atom is 0.336 e. The molecule has 0 aromatic heterocycles. The number of carboxylic acid groups (broad SMARTS) is 2. The van der Waals surface area contributed by atoms with Crippen molar-refractivity contribution < 1.29 is 29.4 Å². The van der Waals surface area contributed by atoms with Crippen LogP contribution in [0.2, 0.25) is 5.02 Å². The zero-order valence-electron chi connectivity index (χ0n) is 21.1. The van der Waals surface area contributed by atoms with Crippen LogP contribution >= 0.6 is 23.4 Å². The minimum Gasteiger partial charge on any atom is -0.478 e. The summed E-state index contributed by atoms with van der Waals surface area (Å²) in [4.78, 5) is 49.6. The first kappa shape index (κ1) is 28.4. The number of nitrogens with one attached hydrogen (secondary N) is 2. The number of amides is 2. The largest absolute Gasteiger partial charge is 0.478 e. The molecule has 0 bridgehead atoms. The van der Waals surface area contributed by atoms with E-state index in [9.17, 15) is 24.3 Å². The van der Waals surface area contributed by atoms with Gasteiger partial charge in [0.15, 0.2) is 0 Å². The highest BCUT2D eigenvalue weighted by atomic mass is 35.5. The molecule has 2 amide bonds. The van der Waals surface area contributed by atoms with E-state index in [-0.39, 0.29) is 17.0 Å². The fourth-order valence-electron chi connectivity index (χ4n) is 3.78. The highest BCUT2D eigenvalue weighted by Crippen LogP contribution is 2.37. The third-order valence-corrected chi connectivity index (χ3v) is 7.56. The van der Waals surface area contributed by atoms with Crippen LogP contribution in [0.15, 0.2) is 95.9 Å². The Morgan fingerprint density at radius 3 is 2.05 bits per heavy atom. The van der Waals surface area contributed by atoms with Crippen LogP contribution in [0.4, 0.5) is 11.4 Å². The minimum absolute atomic E-state index is 0.173. The summed E-state index contributed by atoms with van der Waals surface area (Å²) in [5, 5.41) is 24.1. The van der Waals surface area contributed by atoms with Crippen molar-refractivity contribution in [2.45, 2.75) is 17.1 Å². The predicted octanol–water partition coefficient (Wildman–Crippen LogP) is 6.77. The zero-order valence-corrected chi connectivity index (χ0v) is 22.6. The van der Waals surface area contributed by atoms with Crippen molar-refractivity contribution >= 4 is 58.5 Å². The highest BCUT2D eigenvalue weighted by Gasteiger charge is 2.23. The van der Waals surface area contributed by atoms with Crippen molar-refractivity contribution in [3.63, 3.8) is 0 Å². The normalized spacial score (nSPS) is 11.3. The van der Waals surface area contributed by atoms with Crippen molar-refractivity contribution in [3.8, 4) is 0 Å². The van der Waals surface area contributed by atoms with E-state index in [2.05, 4.69) is 10.6 Å². The molecular weight excluding hydrogens is 552 g/mol. The van der Waals surface area contributed by atoms with Crippen LogP contribution < -0.4 is 10.6 Å². The molecule has 1 atom stereocenters. The Bertz CT molecular complexity index is 1590. The van der Waals surface area contributed by atoms with Crippen LogP contribution in [0.3, 0.4) is 0 Å². The van der Waals surface area contributed by atoms with Crippen molar-refractivity contribution in [2.24, 2.45) is 0 Å². The van der Waals surface area contributed by atoms with E-state index >= 15 is 0 Å². The first-order valence-electron chi connectivity index (χ1n) is 11.9. The molecule has 0 aliphatic carbocycles. The molecule has 0 saturated heterocycles. The van der Waals surface area contributed by atoms with E-state index in [4.69, 9.17) is 16.7 Å². The van der Waals surface area contributed by atoms with E-state index in [0.717, 1.165) is 28.2 Å². The summed E-state index contributed by atoms with van der Waals surface area (Å²) in [6.45, 7) is 1.88. The molecule has 0 aliphatic rings. The molecule has 0 saturated carbocycles. The van der Waals surface area contributed by atoms with Crippen LogP contribution in [0.5, 0.6) is 0 Å². The van der Waals surface area contributed by atoms with Gasteiger partial charge in [0.1, 0.15) is 5.25 Å². The fourth-order valence-corrected chi connectivity index (χ4v) is 4.99. The van der Waals surface area contributed by atoms with E-state index in [1.165, 1.54) is 17.8 Å². The number of hydrogen-bond acceptors (Lipinski definition) is 5. The summed E-state index contributed by atoms with van der Waals surface area (Å²) >= 11 is 7.54. The molecule has 0 aliphatic heterocycles. The topological polar surface area (TPSA) is 133 Å². The van der Waals surface area contributed by atoms with Crippen molar-refractivity contribution in [2.75, 3.05) is 10.6 Å². The molecule has 202 valence electrons. The van der Waals surface area contributed by atoms with Gasteiger partial charge in [0, 0.05) is 21.3 Å². The lowest BCUT2D eigenvalue weighted by Crippen LogP contribution is -2.19. The molecule has 40 heavy (non-hydrogen) atoms.